The van der Waals surface area contributed by atoms with Gasteiger partial charge in [-0.2, -0.15) is 0 Å². The smallest absolute Gasteiger partial charge is 0.268 e. The van der Waals surface area contributed by atoms with Gasteiger partial charge >= 0.3 is 0 Å². The molecule has 0 spiro atoms. The first-order valence-corrected chi connectivity index (χ1v) is 14.5. The summed E-state index contributed by atoms with van der Waals surface area (Å²) in [6.45, 7) is 3.12. The zero-order valence-corrected chi connectivity index (χ0v) is 22.0. The van der Waals surface area contributed by atoms with E-state index < -0.39 is 10.0 Å². The largest absolute Gasteiger partial charge is 0.340 e. The molecule has 2 fully saturated rings. The van der Waals surface area contributed by atoms with E-state index in [9.17, 15) is 8.42 Å². The lowest BCUT2D eigenvalue weighted by atomic mass is 10.1. The maximum Gasteiger partial charge on any atom is 0.268 e. The van der Waals surface area contributed by atoms with Crippen molar-refractivity contribution >= 4 is 49.4 Å². The van der Waals surface area contributed by atoms with E-state index in [1.165, 1.54) is 3.97 Å². The molecule has 5 aromatic rings. The molecule has 196 valence electrons. The molecule has 9 heteroatoms. The van der Waals surface area contributed by atoms with Crippen molar-refractivity contribution in [3.8, 4) is 0 Å². The summed E-state index contributed by atoms with van der Waals surface area (Å²) in [6, 6.07) is 22.4. The SMILES string of the molecule is NC1C2CN(C/C=C/c3ccc4ncnc(Nc5ccc6c(ccn6S(=O)(=O)c6ccccc6)c5)c4c3)CC12. The summed E-state index contributed by atoms with van der Waals surface area (Å²) in [5.41, 5.74) is 9.41. The van der Waals surface area contributed by atoms with Crippen LogP contribution in [0.15, 0.2) is 96.3 Å². The van der Waals surface area contributed by atoms with Crippen LogP contribution in [0.5, 0.6) is 0 Å². The maximum atomic E-state index is 13.2. The van der Waals surface area contributed by atoms with E-state index in [1.54, 1.807) is 48.9 Å². The van der Waals surface area contributed by atoms with Gasteiger partial charge in [-0.15, -0.1) is 0 Å². The first kappa shape index (κ1) is 24.0. The van der Waals surface area contributed by atoms with Gasteiger partial charge in [-0.1, -0.05) is 36.4 Å². The summed E-state index contributed by atoms with van der Waals surface area (Å²) < 4.78 is 27.6. The van der Waals surface area contributed by atoms with Gasteiger partial charge in [0.1, 0.15) is 12.1 Å². The van der Waals surface area contributed by atoms with E-state index in [-0.39, 0.29) is 4.90 Å². The van der Waals surface area contributed by atoms with Crippen molar-refractivity contribution < 1.29 is 8.42 Å². The molecule has 39 heavy (non-hydrogen) atoms. The van der Waals surface area contributed by atoms with Gasteiger partial charge in [-0.3, -0.25) is 4.90 Å². The van der Waals surface area contributed by atoms with Gasteiger partial charge in [0.15, 0.2) is 0 Å². The van der Waals surface area contributed by atoms with Gasteiger partial charge < -0.3 is 11.1 Å². The molecule has 7 rings (SSSR count). The summed E-state index contributed by atoms with van der Waals surface area (Å²) in [4.78, 5) is 11.6. The van der Waals surface area contributed by atoms with Crippen molar-refractivity contribution in [2.45, 2.75) is 10.9 Å². The van der Waals surface area contributed by atoms with Gasteiger partial charge in [-0.25, -0.2) is 22.4 Å². The summed E-state index contributed by atoms with van der Waals surface area (Å²) in [7, 11) is -3.68. The number of fused-ring (bicyclic) bond motifs is 3. The molecule has 0 bridgehead atoms. The van der Waals surface area contributed by atoms with Crippen LogP contribution in [0.2, 0.25) is 0 Å². The van der Waals surface area contributed by atoms with E-state index in [1.807, 2.05) is 24.3 Å². The molecule has 2 atom stereocenters. The third kappa shape index (κ3) is 4.38. The minimum atomic E-state index is -3.68. The second-order valence-electron chi connectivity index (χ2n) is 10.4. The van der Waals surface area contributed by atoms with Crippen molar-refractivity contribution in [3.63, 3.8) is 0 Å². The number of piperidine rings is 1. The molecule has 3 aromatic carbocycles. The van der Waals surface area contributed by atoms with Gasteiger partial charge in [0.25, 0.3) is 10.0 Å². The number of hydrogen-bond donors (Lipinski definition) is 2. The molecular formula is C30H28N6O2S. The van der Waals surface area contributed by atoms with Crippen molar-refractivity contribution in [2.75, 3.05) is 25.0 Å². The zero-order valence-electron chi connectivity index (χ0n) is 21.2. The molecular weight excluding hydrogens is 508 g/mol. The molecule has 1 aliphatic heterocycles. The number of nitrogens with two attached hydrogens (primary N) is 1. The Balaban J connectivity index is 1.13. The molecule has 2 unspecified atom stereocenters. The Kier molecular flexibility index (Phi) is 5.73. The monoisotopic (exact) mass is 536 g/mol. The fourth-order valence-electron chi connectivity index (χ4n) is 5.67. The third-order valence-electron chi connectivity index (χ3n) is 7.89. The highest BCUT2D eigenvalue weighted by molar-refractivity contribution is 7.90. The Morgan fingerprint density at radius 2 is 1.79 bits per heavy atom. The fraction of sp³-hybridized carbons (Fsp3) is 0.200. The van der Waals surface area contributed by atoms with E-state index in [0.717, 1.165) is 47.2 Å². The average Bonchev–Trinajstić information content (AvgIpc) is 3.30. The van der Waals surface area contributed by atoms with Crippen LogP contribution in [-0.4, -0.2) is 52.9 Å². The first-order chi connectivity index (χ1) is 19.0. The molecule has 1 saturated heterocycles. The number of benzene rings is 3. The van der Waals surface area contributed by atoms with Crippen LogP contribution >= 0.6 is 0 Å². The number of likely N-dealkylation sites (tertiary alicyclic amines) is 1. The minimum Gasteiger partial charge on any atom is -0.340 e. The van der Waals surface area contributed by atoms with Gasteiger partial charge in [0.05, 0.1) is 15.9 Å². The Bertz CT molecular complexity index is 1820. The summed E-state index contributed by atoms with van der Waals surface area (Å²) >= 11 is 0. The van der Waals surface area contributed by atoms with Crippen molar-refractivity contribution in [3.05, 3.63) is 97.0 Å². The predicted molar refractivity (Wildman–Crippen MR) is 154 cm³/mol. The van der Waals surface area contributed by atoms with E-state index >= 15 is 0 Å². The summed E-state index contributed by atoms with van der Waals surface area (Å²) in [5.74, 6) is 2.08. The van der Waals surface area contributed by atoms with Crippen LogP contribution in [-0.2, 0) is 10.0 Å². The van der Waals surface area contributed by atoms with E-state index in [2.05, 4.69) is 44.5 Å². The van der Waals surface area contributed by atoms with Gasteiger partial charge in [-0.05, 0) is 65.9 Å². The van der Waals surface area contributed by atoms with Crippen molar-refractivity contribution in [1.29, 1.82) is 0 Å². The van der Waals surface area contributed by atoms with Gasteiger partial charge in [0.2, 0.25) is 0 Å². The summed E-state index contributed by atoms with van der Waals surface area (Å²) in [6.07, 6.45) is 7.48. The number of hydrogen-bond acceptors (Lipinski definition) is 7. The molecule has 3 heterocycles. The number of anilines is 2. The van der Waals surface area contributed by atoms with Crippen LogP contribution in [0.25, 0.3) is 27.9 Å². The molecule has 3 N–H and O–H groups in total. The maximum absolute atomic E-state index is 13.2. The molecule has 1 saturated carbocycles. The number of rotatable bonds is 7. The van der Waals surface area contributed by atoms with Gasteiger partial charge in [0, 0.05) is 48.3 Å². The van der Waals surface area contributed by atoms with E-state index in [0.29, 0.717) is 29.2 Å². The highest BCUT2D eigenvalue weighted by Gasteiger charge is 2.53. The number of aromatic nitrogens is 3. The Morgan fingerprint density at radius 3 is 2.62 bits per heavy atom. The second kappa shape index (κ2) is 9.30. The Labute approximate surface area is 226 Å². The topological polar surface area (TPSA) is 106 Å². The number of nitrogens with zero attached hydrogens (tertiary/aromatic N) is 4. The predicted octanol–water partition coefficient (Wildman–Crippen LogP) is 4.47. The highest BCUT2D eigenvalue weighted by Crippen LogP contribution is 2.43. The molecule has 0 amide bonds. The molecule has 1 aliphatic carbocycles. The normalized spacial score (nSPS) is 21.1. The third-order valence-corrected chi connectivity index (χ3v) is 9.59. The fourth-order valence-corrected chi connectivity index (χ4v) is 7.05. The number of nitrogens with one attached hydrogen (secondary N) is 1. The zero-order chi connectivity index (χ0) is 26.6. The molecule has 0 radical (unpaired) electrons. The lowest BCUT2D eigenvalue weighted by molar-refractivity contribution is 0.329. The molecule has 2 aromatic heterocycles. The van der Waals surface area contributed by atoms with Crippen LogP contribution < -0.4 is 11.1 Å². The van der Waals surface area contributed by atoms with E-state index in [4.69, 9.17) is 5.73 Å². The average molecular weight is 537 g/mol. The molecule has 8 nitrogen and oxygen atoms in total. The van der Waals surface area contributed by atoms with Crippen LogP contribution in [0.3, 0.4) is 0 Å². The Hall–Kier alpha value is -4.05. The lowest BCUT2D eigenvalue weighted by Gasteiger charge is -2.15. The summed E-state index contributed by atoms with van der Waals surface area (Å²) in [5, 5.41) is 5.13. The highest BCUT2D eigenvalue weighted by atomic mass is 32.2. The quantitative estimate of drug-likeness (QED) is 0.316. The Morgan fingerprint density at radius 1 is 0.974 bits per heavy atom. The lowest BCUT2D eigenvalue weighted by Crippen LogP contribution is -2.28. The van der Waals surface area contributed by atoms with Crippen LogP contribution in [0.1, 0.15) is 5.56 Å². The standard InChI is InChI=1S/C30H28N6O2S/c31-29-25-17-35(18-26(25)29)13-4-5-20-8-10-27-24(15-20)30(33-19-32-27)34-22-9-11-28-21(16-22)12-14-36(28)39(37,38)23-6-2-1-3-7-23/h1-12,14-16,19,25-26,29H,13,17-18,31H2,(H,32,33,34)/b5-4+. The minimum absolute atomic E-state index is 0.253. The van der Waals surface area contributed by atoms with Crippen LogP contribution in [0.4, 0.5) is 11.5 Å². The first-order valence-electron chi connectivity index (χ1n) is 13.1. The molecule has 2 aliphatic rings. The van der Waals surface area contributed by atoms with Crippen molar-refractivity contribution in [1.82, 2.24) is 18.8 Å². The van der Waals surface area contributed by atoms with Crippen LogP contribution in [0, 0.1) is 11.8 Å². The van der Waals surface area contributed by atoms with Crippen molar-refractivity contribution in [2.24, 2.45) is 17.6 Å². The second-order valence-corrected chi connectivity index (χ2v) is 12.2.